The summed E-state index contributed by atoms with van der Waals surface area (Å²) in [7, 11) is 3.44. The topological polar surface area (TPSA) is 71.8 Å². The summed E-state index contributed by atoms with van der Waals surface area (Å²) in [6.07, 6.45) is 1.87. The molecule has 0 spiro atoms. The van der Waals surface area contributed by atoms with Gasteiger partial charge in [-0.1, -0.05) is 41.4 Å². The molecule has 1 aliphatic heterocycles. The molecule has 0 aliphatic carbocycles. The number of aromatic nitrogens is 1. The highest BCUT2D eigenvalue weighted by Gasteiger charge is 2.47. The first-order valence-corrected chi connectivity index (χ1v) is 11.5. The Morgan fingerprint density at radius 3 is 2.37 bits per heavy atom. The number of hydrogen-bond donors (Lipinski definition) is 1. The number of carbonyl (C=O) groups excluding carboxylic acids is 2. The van der Waals surface area contributed by atoms with E-state index in [1.165, 1.54) is 17.0 Å². The molecule has 2 heterocycles. The zero-order valence-corrected chi connectivity index (χ0v) is 20.3. The van der Waals surface area contributed by atoms with E-state index in [-0.39, 0.29) is 21.9 Å². The Balaban J connectivity index is 1.79. The van der Waals surface area contributed by atoms with E-state index in [2.05, 4.69) is 0 Å². The lowest BCUT2D eigenvalue weighted by Gasteiger charge is -2.25. The maximum Gasteiger partial charge on any atom is 0.300 e. The number of aryl methyl sites for hydroxylation is 1. The lowest BCUT2D eigenvalue weighted by Crippen LogP contribution is -2.29. The summed E-state index contributed by atoms with van der Waals surface area (Å²) in [6.45, 7) is 0. The van der Waals surface area contributed by atoms with Crippen molar-refractivity contribution < 1.29 is 19.4 Å². The first-order chi connectivity index (χ1) is 16.8. The van der Waals surface area contributed by atoms with E-state index < -0.39 is 17.7 Å². The molecule has 1 saturated heterocycles. The molecule has 0 saturated carbocycles. The second-order valence-corrected chi connectivity index (χ2v) is 9.02. The van der Waals surface area contributed by atoms with Crippen molar-refractivity contribution in [3.63, 3.8) is 0 Å². The molecule has 1 aromatic heterocycles. The van der Waals surface area contributed by atoms with Crippen LogP contribution in [0.5, 0.6) is 5.75 Å². The summed E-state index contributed by atoms with van der Waals surface area (Å²) in [5.74, 6) is -1.24. The van der Waals surface area contributed by atoms with Crippen LogP contribution < -0.4 is 9.64 Å². The van der Waals surface area contributed by atoms with Crippen molar-refractivity contribution in [2.45, 2.75) is 6.04 Å². The number of hydrogen-bond acceptors (Lipinski definition) is 4. The van der Waals surface area contributed by atoms with Crippen LogP contribution in [0.15, 0.2) is 78.5 Å². The van der Waals surface area contributed by atoms with Gasteiger partial charge in [-0.15, -0.1) is 0 Å². The number of anilines is 1. The Kier molecular flexibility index (Phi) is 5.79. The molecule has 0 radical (unpaired) electrons. The lowest BCUT2D eigenvalue weighted by atomic mass is 9.94. The molecule has 1 atom stereocenters. The number of aliphatic hydroxyl groups excluding tert-OH is 1. The fourth-order valence-electron chi connectivity index (χ4n) is 4.53. The standard InChI is InChI=1S/C27H20Cl2N2O4/c1-30-14-19(18-5-3-4-6-22(18)30)24-23(25(32)15-7-12-20(28)21(29)13-15)26(33)27(34)31(24)16-8-10-17(35-2)11-9-16/h3-14,24,32H,1-2H3/b25-23+. The summed E-state index contributed by atoms with van der Waals surface area (Å²) in [4.78, 5) is 28.2. The van der Waals surface area contributed by atoms with Gasteiger partial charge in [0, 0.05) is 41.0 Å². The quantitative estimate of drug-likeness (QED) is 0.205. The first kappa shape index (κ1) is 23.0. The Hall–Kier alpha value is -3.74. The molecule has 1 fully saturated rings. The summed E-state index contributed by atoms with van der Waals surface area (Å²) >= 11 is 12.2. The predicted octanol–water partition coefficient (Wildman–Crippen LogP) is 6.12. The summed E-state index contributed by atoms with van der Waals surface area (Å²) in [5, 5.41) is 12.7. The van der Waals surface area contributed by atoms with Crippen LogP contribution in [0.1, 0.15) is 17.2 Å². The van der Waals surface area contributed by atoms with Gasteiger partial charge in [0.05, 0.1) is 28.8 Å². The number of fused-ring (bicyclic) bond motifs is 1. The Morgan fingerprint density at radius 1 is 0.971 bits per heavy atom. The Bertz CT molecular complexity index is 1520. The fourth-order valence-corrected chi connectivity index (χ4v) is 4.82. The number of rotatable bonds is 4. The van der Waals surface area contributed by atoms with Crippen molar-refractivity contribution in [2.24, 2.45) is 7.05 Å². The first-order valence-electron chi connectivity index (χ1n) is 10.8. The number of amides is 1. The average molecular weight is 507 g/mol. The van der Waals surface area contributed by atoms with Gasteiger partial charge in [-0.25, -0.2) is 0 Å². The van der Waals surface area contributed by atoms with Crippen molar-refractivity contribution in [3.8, 4) is 5.75 Å². The molecule has 5 rings (SSSR count). The molecule has 176 valence electrons. The number of Topliss-reactive ketones (excluding diaryl/α,β-unsaturated/α-hetero) is 1. The van der Waals surface area contributed by atoms with Crippen molar-refractivity contribution in [3.05, 3.63) is 99.7 Å². The van der Waals surface area contributed by atoms with E-state index in [0.29, 0.717) is 22.0 Å². The van der Waals surface area contributed by atoms with E-state index in [9.17, 15) is 14.7 Å². The van der Waals surface area contributed by atoms with Gasteiger partial charge in [-0.05, 0) is 48.5 Å². The zero-order valence-electron chi connectivity index (χ0n) is 18.8. The zero-order chi connectivity index (χ0) is 24.9. The third-order valence-electron chi connectivity index (χ3n) is 6.21. The number of ether oxygens (including phenoxy) is 1. The number of halogens is 2. The van der Waals surface area contributed by atoms with Gasteiger partial charge >= 0.3 is 0 Å². The smallest absolute Gasteiger partial charge is 0.300 e. The number of carbonyl (C=O) groups is 2. The van der Waals surface area contributed by atoms with E-state index in [1.54, 1.807) is 37.4 Å². The largest absolute Gasteiger partial charge is 0.507 e. The van der Waals surface area contributed by atoms with Crippen molar-refractivity contribution in [1.29, 1.82) is 0 Å². The molecular formula is C27H20Cl2N2O4. The van der Waals surface area contributed by atoms with Crippen LogP contribution in [0.2, 0.25) is 10.0 Å². The maximum absolute atomic E-state index is 13.4. The molecule has 1 N–H and O–H groups in total. The summed E-state index contributed by atoms with van der Waals surface area (Å²) < 4.78 is 7.17. The highest BCUT2D eigenvalue weighted by molar-refractivity contribution is 6.52. The minimum Gasteiger partial charge on any atom is -0.507 e. The molecule has 35 heavy (non-hydrogen) atoms. The predicted molar refractivity (Wildman–Crippen MR) is 137 cm³/mol. The summed E-state index contributed by atoms with van der Waals surface area (Å²) in [6, 6.07) is 18.2. The molecule has 0 bridgehead atoms. The van der Waals surface area contributed by atoms with Crippen LogP contribution >= 0.6 is 23.2 Å². The normalized spacial score (nSPS) is 17.4. The molecule has 8 heteroatoms. The van der Waals surface area contributed by atoms with E-state index in [1.807, 2.05) is 42.1 Å². The minimum atomic E-state index is -0.871. The Labute approximate surface area is 211 Å². The molecule has 1 aliphatic rings. The second-order valence-electron chi connectivity index (χ2n) is 8.21. The highest BCUT2D eigenvalue weighted by Crippen LogP contribution is 2.45. The van der Waals surface area contributed by atoms with Gasteiger partial charge in [0.2, 0.25) is 0 Å². The van der Waals surface area contributed by atoms with E-state index >= 15 is 0 Å². The number of methoxy groups -OCH3 is 1. The van der Waals surface area contributed by atoms with Gasteiger partial charge in [-0.3, -0.25) is 14.5 Å². The Morgan fingerprint density at radius 2 is 1.69 bits per heavy atom. The van der Waals surface area contributed by atoms with Gasteiger partial charge in [0.15, 0.2) is 0 Å². The second kappa shape index (κ2) is 8.80. The summed E-state index contributed by atoms with van der Waals surface area (Å²) in [5.41, 5.74) is 2.40. The number of benzene rings is 3. The minimum absolute atomic E-state index is 0.0273. The number of nitrogens with zero attached hydrogens (tertiary/aromatic N) is 2. The number of ketones is 1. The molecule has 1 amide bonds. The van der Waals surface area contributed by atoms with Crippen LogP contribution in [-0.4, -0.2) is 28.5 Å². The SMILES string of the molecule is COc1ccc(N2C(=O)C(=O)/C(=C(/O)c3ccc(Cl)c(Cl)c3)C2c2cn(C)c3ccccc23)cc1. The highest BCUT2D eigenvalue weighted by atomic mass is 35.5. The molecule has 3 aromatic carbocycles. The van der Waals surface area contributed by atoms with Gasteiger partial charge in [0.25, 0.3) is 11.7 Å². The average Bonchev–Trinajstić information content (AvgIpc) is 3.34. The van der Waals surface area contributed by atoms with Crippen molar-refractivity contribution in [2.75, 3.05) is 12.0 Å². The number of aliphatic hydroxyl groups is 1. The van der Waals surface area contributed by atoms with Crippen LogP contribution in [0, 0.1) is 0 Å². The van der Waals surface area contributed by atoms with Crippen LogP contribution in [0.4, 0.5) is 5.69 Å². The maximum atomic E-state index is 13.4. The lowest BCUT2D eigenvalue weighted by molar-refractivity contribution is -0.132. The molecule has 4 aromatic rings. The van der Waals surface area contributed by atoms with E-state index in [4.69, 9.17) is 27.9 Å². The molecule has 6 nitrogen and oxygen atoms in total. The van der Waals surface area contributed by atoms with Crippen molar-refractivity contribution >= 4 is 57.2 Å². The van der Waals surface area contributed by atoms with Crippen LogP contribution in [0.25, 0.3) is 16.7 Å². The van der Waals surface area contributed by atoms with Gasteiger partial charge in [0.1, 0.15) is 11.5 Å². The van der Waals surface area contributed by atoms with Crippen LogP contribution in [0.3, 0.4) is 0 Å². The molecular weight excluding hydrogens is 487 g/mol. The number of para-hydroxylation sites is 1. The third kappa shape index (κ3) is 3.75. The molecule has 1 unspecified atom stereocenters. The van der Waals surface area contributed by atoms with Crippen molar-refractivity contribution in [1.82, 2.24) is 4.57 Å². The fraction of sp³-hybridized carbons (Fsp3) is 0.111. The van der Waals surface area contributed by atoms with E-state index in [0.717, 1.165) is 10.9 Å². The van der Waals surface area contributed by atoms with Crippen LogP contribution in [-0.2, 0) is 16.6 Å². The van der Waals surface area contributed by atoms with Gasteiger partial charge < -0.3 is 14.4 Å². The van der Waals surface area contributed by atoms with Gasteiger partial charge in [-0.2, -0.15) is 0 Å². The monoisotopic (exact) mass is 506 g/mol. The third-order valence-corrected chi connectivity index (χ3v) is 6.95.